The monoisotopic (exact) mass is 573 g/mol. The number of halogens is 2. The van der Waals surface area contributed by atoms with Crippen LogP contribution in [-0.4, -0.2) is 67.9 Å². The van der Waals surface area contributed by atoms with E-state index in [1.807, 2.05) is 0 Å². The fourth-order valence-electron chi connectivity index (χ4n) is 2.90. The van der Waals surface area contributed by atoms with Crippen LogP contribution < -0.4 is 5.73 Å². The van der Waals surface area contributed by atoms with E-state index >= 15 is 0 Å². The zero-order valence-electron chi connectivity index (χ0n) is 16.1. The van der Waals surface area contributed by atoms with Crippen LogP contribution in [0.1, 0.15) is 13.2 Å². The molecular weight excluding hydrogens is 558 g/mol. The molecule has 1 saturated heterocycles. The predicted octanol–water partition coefficient (Wildman–Crippen LogP) is 0.661. The largest absolute Gasteiger partial charge is 0.490 e. The molecule has 1 fully saturated rings. The van der Waals surface area contributed by atoms with Gasteiger partial charge in [-0.25, -0.2) is 18.7 Å². The minimum absolute atomic E-state index is 0.0391. The number of aliphatic hydroxyl groups excluding tert-OH is 1. The van der Waals surface area contributed by atoms with Gasteiger partial charge in [-0.05, 0) is 18.5 Å². The Kier molecular flexibility index (Phi) is 7.36. The van der Waals surface area contributed by atoms with Gasteiger partial charge in [0.1, 0.15) is 22.6 Å². The highest BCUT2D eigenvalue weighted by molar-refractivity contribution is 7.66. The van der Waals surface area contributed by atoms with Crippen LogP contribution in [-0.2, 0) is 31.6 Å². The van der Waals surface area contributed by atoms with Crippen LogP contribution in [0.4, 0.5) is 5.82 Å². The maximum Gasteiger partial charge on any atom is 0.490 e. The summed E-state index contributed by atoms with van der Waals surface area (Å²) < 4.78 is 52.6. The number of aromatic nitrogens is 4. The molecule has 2 aromatic rings. The lowest BCUT2D eigenvalue weighted by atomic mass is 10.0. The van der Waals surface area contributed by atoms with Crippen molar-refractivity contribution >= 4 is 63.7 Å². The van der Waals surface area contributed by atoms with Crippen LogP contribution in [0.2, 0.25) is 5.28 Å². The molecule has 2 aromatic heterocycles. The molecular formula is C11H16Cl2N5O12P3. The number of phosphoric ester groups is 1. The van der Waals surface area contributed by atoms with Gasteiger partial charge < -0.3 is 35.2 Å². The van der Waals surface area contributed by atoms with E-state index < -0.39 is 53.4 Å². The van der Waals surface area contributed by atoms with Crippen LogP contribution in [0.25, 0.3) is 11.2 Å². The number of hydrogen-bond donors (Lipinski definition) is 6. The number of fused-ring (bicyclic) bond motifs is 1. The van der Waals surface area contributed by atoms with Gasteiger partial charge in [-0.3, -0.25) is 9.09 Å². The maximum atomic E-state index is 11.9. The fraction of sp³-hybridized carbons (Fsp3) is 0.545. The minimum Gasteiger partial charge on any atom is -0.388 e. The Balaban J connectivity index is 1.77. The normalized spacial score (nSPS) is 29.8. The highest BCUT2D eigenvalue weighted by Gasteiger charge is 2.54. The molecule has 7 N–H and O–H groups in total. The molecule has 0 amide bonds. The summed E-state index contributed by atoms with van der Waals surface area (Å²) >= 11 is 12.3. The number of rotatable bonds is 8. The van der Waals surface area contributed by atoms with Crippen LogP contribution in [0, 0.1) is 0 Å². The third-order valence-corrected chi connectivity index (χ3v) is 8.59. The summed E-state index contributed by atoms with van der Waals surface area (Å²) in [4.78, 5) is 46.0. The number of alkyl halides is 1. The maximum absolute atomic E-state index is 11.9. The van der Waals surface area contributed by atoms with Crippen LogP contribution in [0.15, 0.2) is 6.33 Å². The van der Waals surface area contributed by atoms with Gasteiger partial charge in [0.2, 0.25) is 5.28 Å². The smallest absolute Gasteiger partial charge is 0.388 e. The van der Waals surface area contributed by atoms with E-state index in [1.165, 1.54) is 17.8 Å². The van der Waals surface area contributed by atoms with Gasteiger partial charge in [-0.15, -0.1) is 11.6 Å². The van der Waals surface area contributed by atoms with Crippen molar-refractivity contribution in [1.82, 2.24) is 19.5 Å². The molecule has 0 bridgehead atoms. The van der Waals surface area contributed by atoms with Gasteiger partial charge >= 0.3 is 23.5 Å². The molecule has 3 rings (SSSR count). The number of anilines is 1. The molecule has 0 radical (unpaired) electrons. The van der Waals surface area contributed by atoms with E-state index in [4.69, 9.17) is 43.5 Å². The molecule has 1 aliphatic heterocycles. The second-order valence-electron chi connectivity index (χ2n) is 6.71. The molecule has 186 valence electrons. The first-order chi connectivity index (χ1) is 14.9. The molecule has 0 aliphatic carbocycles. The van der Waals surface area contributed by atoms with E-state index in [0.717, 1.165) is 0 Å². The third-order valence-electron chi connectivity index (χ3n) is 4.21. The van der Waals surface area contributed by atoms with Crippen molar-refractivity contribution in [3.63, 3.8) is 0 Å². The van der Waals surface area contributed by atoms with Crippen molar-refractivity contribution in [3.8, 4) is 0 Å². The van der Waals surface area contributed by atoms with E-state index in [0.29, 0.717) is 0 Å². The number of imidazole rings is 1. The number of hydrogen-bond acceptors (Lipinski definition) is 12. The zero-order valence-corrected chi connectivity index (χ0v) is 20.3. The number of nitrogens with two attached hydrogens (primary N) is 1. The number of nitrogens with zero attached hydrogens (tertiary/aromatic N) is 4. The van der Waals surface area contributed by atoms with Crippen molar-refractivity contribution in [2.45, 2.75) is 30.2 Å². The molecule has 2 unspecified atom stereocenters. The summed E-state index contributed by atoms with van der Waals surface area (Å²) in [5, 5.41) is 10.3. The van der Waals surface area contributed by atoms with Crippen LogP contribution in [0.3, 0.4) is 0 Å². The molecule has 0 spiro atoms. The Labute approximate surface area is 193 Å². The van der Waals surface area contributed by atoms with Gasteiger partial charge in [0.15, 0.2) is 17.7 Å². The van der Waals surface area contributed by atoms with E-state index in [9.17, 15) is 28.6 Å². The van der Waals surface area contributed by atoms with Crippen molar-refractivity contribution in [3.05, 3.63) is 11.6 Å². The quantitative estimate of drug-likeness (QED) is 0.144. The van der Waals surface area contributed by atoms with Crippen molar-refractivity contribution in [1.29, 1.82) is 0 Å². The number of nitrogen functional groups attached to an aromatic ring is 1. The average Bonchev–Trinajstić information content (AvgIpc) is 3.10. The van der Waals surface area contributed by atoms with Gasteiger partial charge in [-0.2, -0.15) is 18.6 Å². The lowest BCUT2D eigenvalue weighted by Crippen LogP contribution is -2.39. The first kappa shape index (κ1) is 26.9. The first-order valence-electron chi connectivity index (χ1n) is 8.38. The van der Waals surface area contributed by atoms with Gasteiger partial charge in [0.05, 0.1) is 12.9 Å². The van der Waals surface area contributed by atoms with Gasteiger partial charge in [0, 0.05) is 0 Å². The summed E-state index contributed by atoms with van der Waals surface area (Å²) in [7, 11) is -16.7. The molecule has 0 saturated carbocycles. The zero-order chi connectivity index (χ0) is 25.0. The Morgan fingerprint density at radius 3 is 2.45 bits per heavy atom. The predicted molar refractivity (Wildman–Crippen MR) is 109 cm³/mol. The van der Waals surface area contributed by atoms with Crippen molar-refractivity contribution in [2.24, 2.45) is 0 Å². The Hall–Kier alpha value is -0.740. The summed E-state index contributed by atoms with van der Waals surface area (Å²) in [6.07, 6.45) is -2.92. The molecule has 17 nitrogen and oxygen atoms in total. The van der Waals surface area contributed by atoms with E-state index in [2.05, 4.69) is 28.1 Å². The summed E-state index contributed by atoms with van der Waals surface area (Å²) in [6, 6.07) is 0. The fourth-order valence-corrected chi connectivity index (χ4v) is 6.40. The number of ether oxygens (including phenoxy) is 1. The second kappa shape index (κ2) is 9.04. The summed E-state index contributed by atoms with van der Waals surface area (Å²) in [5.41, 5.74) is 6.00. The Morgan fingerprint density at radius 1 is 1.21 bits per heavy atom. The Bertz CT molecular complexity index is 1210. The summed E-state index contributed by atoms with van der Waals surface area (Å²) in [5.74, 6) is -0.0391. The van der Waals surface area contributed by atoms with Gasteiger partial charge in [0.25, 0.3) is 0 Å². The molecule has 6 atom stereocenters. The molecule has 33 heavy (non-hydrogen) atoms. The van der Waals surface area contributed by atoms with Crippen molar-refractivity contribution in [2.75, 3.05) is 12.3 Å². The third kappa shape index (κ3) is 6.10. The lowest BCUT2D eigenvalue weighted by Gasteiger charge is -2.26. The minimum atomic E-state index is -5.71. The average molecular weight is 574 g/mol. The van der Waals surface area contributed by atoms with Crippen LogP contribution in [0.5, 0.6) is 0 Å². The topological polar surface area (TPSA) is 259 Å². The SMILES string of the molecule is C[C@@]1(Cl)[C@H](O)[C@@H](COP(=O)(O)OP(=O)(O)OP(=O)(O)O)O[C@H]1n1cnc2c(N)nc(Cl)nc21. The summed E-state index contributed by atoms with van der Waals surface area (Å²) in [6.45, 7) is 0.445. The van der Waals surface area contributed by atoms with E-state index in [-0.39, 0.29) is 22.3 Å². The second-order valence-corrected chi connectivity index (χ2v) is 12.3. The number of aliphatic hydroxyl groups is 1. The Morgan fingerprint density at radius 2 is 1.85 bits per heavy atom. The molecule has 1 aliphatic rings. The highest BCUT2D eigenvalue weighted by atomic mass is 35.5. The first-order valence-corrected chi connectivity index (χ1v) is 13.7. The highest BCUT2D eigenvalue weighted by Crippen LogP contribution is 2.66. The molecule has 3 heterocycles. The number of phosphoric acid groups is 3. The molecule has 22 heteroatoms. The molecule has 0 aromatic carbocycles. The van der Waals surface area contributed by atoms with Crippen molar-refractivity contribution < 1.29 is 56.3 Å². The standard InChI is InChI=1S/C11H16Cl2N5O12P3/c1-11(13)6(19)4(2-27-32(23,24)30-33(25,26)29-31(20,21)22)28-9(11)18-3-15-5-7(14)16-10(12)17-8(5)18/h3-4,6,9,19H,2H2,1H3,(H,23,24)(H,25,26)(H2,14,16,17)(H2,20,21,22)/t4-,6-,9-,11-/m1/s1. The van der Waals surface area contributed by atoms with Gasteiger partial charge in [-0.1, -0.05) is 0 Å². The lowest BCUT2D eigenvalue weighted by molar-refractivity contribution is -0.0432. The van der Waals surface area contributed by atoms with E-state index in [1.54, 1.807) is 0 Å². The van der Waals surface area contributed by atoms with Crippen LogP contribution >= 0.6 is 46.7 Å².